The number of amides is 2. The van der Waals surface area contributed by atoms with Gasteiger partial charge in [-0.25, -0.2) is 9.78 Å². The van der Waals surface area contributed by atoms with Crippen molar-refractivity contribution in [3.8, 4) is 0 Å². The number of urea groups is 1. The van der Waals surface area contributed by atoms with Gasteiger partial charge in [0.25, 0.3) is 0 Å². The molecule has 0 radical (unpaired) electrons. The Balaban J connectivity index is 1.64. The first-order valence-electron chi connectivity index (χ1n) is 8.48. The Labute approximate surface area is 142 Å². The predicted octanol–water partition coefficient (Wildman–Crippen LogP) is 3.12. The zero-order valence-electron chi connectivity index (χ0n) is 14.3. The van der Waals surface area contributed by atoms with Crippen molar-refractivity contribution in [1.29, 1.82) is 0 Å². The number of carbonyl (C=O) groups excluding carboxylic acids is 1. The van der Waals surface area contributed by atoms with Crippen LogP contribution in [0, 0.1) is 0 Å². The Morgan fingerprint density at radius 2 is 2.08 bits per heavy atom. The normalized spacial score (nSPS) is 14.6. The smallest absolute Gasteiger partial charge is 0.319 e. The summed E-state index contributed by atoms with van der Waals surface area (Å²) in [5.41, 5.74) is 1.90. The van der Waals surface area contributed by atoms with Crippen molar-refractivity contribution >= 4 is 17.4 Å². The monoisotopic (exact) mass is 327 g/mol. The van der Waals surface area contributed by atoms with Crippen LogP contribution < -0.4 is 15.5 Å². The van der Waals surface area contributed by atoms with Gasteiger partial charge < -0.3 is 20.1 Å². The molecule has 0 spiro atoms. The lowest BCUT2D eigenvalue weighted by atomic mass is 10.1. The zero-order valence-corrected chi connectivity index (χ0v) is 14.3. The molecule has 1 aromatic heterocycles. The van der Waals surface area contributed by atoms with Gasteiger partial charge in [0, 0.05) is 32.5 Å². The average molecular weight is 327 g/mol. The van der Waals surface area contributed by atoms with Gasteiger partial charge in [0.05, 0.1) is 17.9 Å². The number of anilines is 2. The maximum atomic E-state index is 12.2. The SMILES string of the molecule is CN(c1ccccc1NC(=O)NCc1nccn1C)C1CCCC1. The zero-order chi connectivity index (χ0) is 16.9. The highest BCUT2D eigenvalue weighted by Crippen LogP contribution is 2.31. The summed E-state index contributed by atoms with van der Waals surface area (Å²) >= 11 is 0. The summed E-state index contributed by atoms with van der Waals surface area (Å²) in [6, 6.07) is 8.31. The molecule has 1 aromatic carbocycles. The molecule has 1 heterocycles. The Kier molecular flexibility index (Phi) is 5.03. The molecule has 1 aliphatic carbocycles. The fourth-order valence-electron chi connectivity index (χ4n) is 3.27. The third-order valence-corrected chi connectivity index (χ3v) is 4.73. The quantitative estimate of drug-likeness (QED) is 0.887. The molecular weight excluding hydrogens is 302 g/mol. The van der Waals surface area contributed by atoms with Crippen molar-refractivity contribution in [2.75, 3.05) is 17.3 Å². The number of hydrogen-bond donors (Lipinski definition) is 2. The van der Waals surface area contributed by atoms with Crippen molar-refractivity contribution in [2.45, 2.75) is 38.3 Å². The van der Waals surface area contributed by atoms with Crippen molar-refractivity contribution in [1.82, 2.24) is 14.9 Å². The highest BCUT2D eigenvalue weighted by Gasteiger charge is 2.21. The Morgan fingerprint density at radius 1 is 1.33 bits per heavy atom. The van der Waals surface area contributed by atoms with E-state index in [1.165, 1.54) is 25.7 Å². The van der Waals surface area contributed by atoms with E-state index in [1.807, 2.05) is 36.0 Å². The van der Waals surface area contributed by atoms with Gasteiger partial charge in [-0.05, 0) is 25.0 Å². The minimum Gasteiger partial charge on any atom is -0.370 e. The van der Waals surface area contributed by atoms with Gasteiger partial charge in [0.15, 0.2) is 0 Å². The number of benzene rings is 1. The highest BCUT2D eigenvalue weighted by atomic mass is 16.2. The molecule has 1 aliphatic rings. The van der Waals surface area contributed by atoms with E-state index in [9.17, 15) is 4.79 Å². The second-order valence-electron chi connectivity index (χ2n) is 6.33. The number of imidazole rings is 1. The number of nitrogens with zero attached hydrogens (tertiary/aromatic N) is 3. The van der Waals surface area contributed by atoms with E-state index >= 15 is 0 Å². The van der Waals surface area contributed by atoms with Gasteiger partial charge in [-0.3, -0.25) is 0 Å². The first-order valence-corrected chi connectivity index (χ1v) is 8.48. The Hall–Kier alpha value is -2.50. The average Bonchev–Trinajstić information content (AvgIpc) is 3.24. The number of aryl methyl sites for hydroxylation is 1. The summed E-state index contributed by atoms with van der Waals surface area (Å²) in [6.45, 7) is 0.399. The van der Waals surface area contributed by atoms with Crippen LogP contribution in [0.15, 0.2) is 36.7 Å². The molecule has 0 unspecified atom stereocenters. The van der Waals surface area contributed by atoms with E-state index < -0.39 is 0 Å². The summed E-state index contributed by atoms with van der Waals surface area (Å²) in [5.74, 6) is 0.821. The van der Waals surface area contributed by atoms with Gasteiger partial charge >= 0.3 is 6.03 Å². The van der Waals surface area contributed by atoms with Crippen LogP contribution in [-0.4, -0.2) is 28.7 Å². The minimum atomic E-state index is -0.217. The molecule has 0 bridgehead atoms. The van der Waals surface area contributed by atoms with Gasteiger partial charge in [-0.15, -0.1) is 0 Å². The Morgan fingerprint density at radius 3 is 2.79 bits per heavy atom. The van der Waals surface area contributed by atoms with E-state index in [1.54, 1.807) is 6.20 Å². The number of rotatable bonds is 5. The third-order valence-electron chi connectivity index (χ3n) is 4.73. The topological polar surface area (TPSA) is 62.2 Å². The molecule has 2 amide bonds. The number of nitrogens with one attached hydrogen (secondary N) is 2. The summed E-state index contributed by atoms with van der Waals surface area (Å²) < 4.78 is 1.89. The highest BCUT2D eigenvalue weighted by molar-refractivity contribution is 5.93. The van der Waals surface area contributed by atoms with Crippen LogP contribution in [0.4, 0.5) is 16.2 Å². The van der Waals surface area contributed by atoms with Crippen LogP contribution in [0.2, 0.25) is 0 Å². The van der Waals surface area contributed by atoms with Gasteiger partial charge in [0.1, 0.15) is 5.82 Å². The molecule has 1 saturated carbocycles. The Bertz CT molecular complexity index is 690. The largest absolute Gasteiger partial charge is 0.370 e. The first kappa shape index (κ1) is 16.4. The van der Waals surface area contributed by atoms with Gasteiger partial charge in [-0.2, -0.15) is 0 Å². The number of para-hydroxylation sites is 2. The maximum absolute atomic E-state index is 12.2. The van der Waals surface area contributed by atoms with E-state index in [2.05, 4.69) is 33.6 Å². The lowest BCUT2D eigenvalue weighted by Gasteiger charge is -2.28. The van der Waals surface area contributed by atoms with Crippen LogP contribution in [0.1, 0.15) is 31.5 Å². The molecule has 0 saturated heterocycles. The summed E-state index contributed by atoms with van der Waals surface area (Å²) in [6.07, 6.45) is 8.59. The lowest BCUT2D eigenvalue weighted by Crippen LogP contribution is -2.32. The molecule has 128 valence electrons. The number of aromatic nitrogens is 2. The minimum absolute atomic E-state index is 0.217. The van der Waals surface area contributed by atoms with Crippen LogP contribution in [0.3, 0.4) is 0 Å². The maximum Gasteiger partial charge on any atom is 0.319 e. The van der Waals surface area contributed by atoms with Gasteiger partial charge in [0.2, 0.25) is 0 Å². The molecular formula is C18H25N5O. The lowest BCUT2D eigenvalue weighted by molar-refractivity contribution is 0.251. The fourth-order valence-corrected chi connectivity index (χ4v) is 3.27. The second-order valence-corrected chi connectivity index (χ2v) is 6.33. The van der Waals surface area contributed by atoms with Crippen LogP contribution in [-0.2, 0) is 13.6 Å². The molecule has 1 fully saturated rings. The molecule has 24 heavy (non-hydrogen) atoms. The van der Waals surface area contributed by atoms with E-state index in [-0.39, 0.29) is 6.03 Å². The fraction of sp³-hybridized carbons (Fsp3) is 0.444. The van der Waals surface area contributed by atoms with E-state index in [0.717, 1.165) is 17.2 Å². The van der Waals surface area contributed by atoms with Crippen LogP contribution in [0.25, 0.3) is 0 Å². The van der Waals surface area contributed by atoms with E-state index in [0.29, 0.717) is 12.6 Å². The molecule has 2 N–H and O–H groups in total. The first-order chi connectivity index (χ1) is 11.6. The van der Waals surface area contributed by atoms with Crippen molar-refractivity contribution in [3.63, 3.8) is 0 Å². The van der Waals surface area contributed by atoms with Crippen molar-refractivity contribution < 1.29 is 4.79 Å². The summed E-state index contributed by atoms with van der Waals surface area (Å²) in [7, 11) is 4.02. The number of carbonyl (C=O) groups is 1. The molecule has 0 aliphatic heterocycles. The molecule has 6 nitrogen and oxygen atoms in total. The molecule has 2 aromatic rings. The standard InChI is InChI=1S/C18H25N5O/c1-22-12-11-19-17(22)13-20-18(24)21-15-9-5-6-10-16(15)23(2)14-7-3-4-8-14/h5-6,9-12,14H,3-4,7-8,13H2,1-2H3,(H2,20,21,24). The molecule has 6 heteroatoms. The summed E-state index contributed by atoms with van der Waals surface area (Å²) in [4.78, 5) is 18.7. The van der Waals surface area contributed by atoms with Crippen LogP contribution >= 0.6 is 0 Å². The predicted molar refractivity (Wildman–Crippen MR) is 96.2 cm³/mol. The second kappa shape index (κ2) is 7.38. The molecule has 0 atom stereocenters. The van der Waals surface area contributed by atoms with Crippen LogP contribution in [0.5, 0.6) is 0 Å². The molecule has 3 rings (SSSR count). The van der Waals surface area contributed by atoms with Gasteiger partial charge in [-0.1, -0.05) is 25.0 Å². The number of hydrogen-bond acceptors (Lipinski definition) is 3. The third kappa shape index (κ3) is 3.69. The summed E-state index contributed by atoms with van der Waals surface area (Å²) in [5, 5.41) is 5.83. The van der Waals surface area contributed by atoms with Crippen molar-refractivity contribution in [3.05, 3.63) is 42.5 Å². The van der Waals surface area contributed by atoms with Crippen molar-refractivity contribution in [2.24, 2.45) is 7.05 Å². The van der Waals surface area contributed by atoms with E-state index in [4.69, 9.17) is 0 Å².